The standard InChI is InChI=1S/C27H31F2N3.C2H2O4/c1-20-19-32(27-7-3-4-16-30-27)21(2)18-31(20)17-5-6-26(22-8-12-24(28)13-9-22)23-10-14-25(29)15-11-23;3-1(4)2(5)6/h3-4,7-16,20-21,26H,5-6,17-19H2,1-2H3;(H,3,4)(H,5,6). The van der Waals surface area contributed by atoms with Gasteiger partial charge in [0.1, 0.15) is 17.5 Å². The average molecular weight is 526 g/mol. The highest BCUT2D eigenvalue weighted by molar-refractivity contribution is 6.27. The molecule has 0 aliphatic carbocycles. The van der Waals surface area contributed by atoms with E-state index in [1.165, 1.54) is 24.3 Å². The maximum absolute atomic E-state index is 13.5. The zero-order valence-corrected chi connectivity index (χ0v) is 21.5. The fraction of sp³-hybridized carbons (Fsp3) is 0.345. The minimum Gasteiger partial charge on any atom is -0.473 e. The van der Waals surface area contributed by atoms with Crippen LogP contribution < -0.4 is 4.90 Å². The van der Waals surface area contributed by atoms with Crippen molar-refractivity contribution in [3.05, 3.63) is 95.7 Å². The van der Waals surface area contributed by atoms with E-state index in [0.29, 0.717) is 12.1 Å². The number of hydrogen-bond acceptors (Lipinski definition) is 5. The quantitative estimate of drug-likeness (QED) is 0.418. The summed E-state index contributed by atoms with van der Waals surface area (Å²) in [4.78, 5) is 27.7. The number of carboxylic acids is 2. The molecule has 4 rings (SSSR count). The van der Waals surface area contributed by atoms with Crippen molar-refractivity contribution in [1.82, 2.24) is 9.88 Å². The van der Waals surface area contributed by atoms with Crippen molar-refractivity contribution in [2.45, 2.75) is 44.7 Å². The van der Waals surface area contributed by atoms with Crippen molar-refractivity contribution in [3.8, 4) is 0 Å². The fourth-order valence-electron chi connectivity index (χ4n) is 4.77. The van der Waals surface area contributed by atoms with Crippen LogP contribution in [0.15, 0.2) is 72.9 Å². The van der Waals surface area contributed by atoms with Crippen molar-refractivity contribution < 1.29 is 28.6 Å². The summed E-state index contributed by atoms with van der Waals surface area (Å²) in [5.74, 6) is -2.96. The predicted molar refractivity (Wildman–Crippen MR) is 141 cm³/mol. The third-order valence-electron chi connectivity index (χ3n) is 6.72. The SMILES string of the molecule is CC1CN(c2ccccn2)C(C)CN1CCCC(c1ccc(F)cc1)c1ccc(F)cc1.O=C(O)C(=O)O. The lowest BCUT2D eigenvalue weighted by molar-refractivity contribution is -0.159. The summed E-state index contributed by atoms with van der Waals surface area (Å²) in [6.45, 7) is 7.49. The third-order valence-corrected chi connectivity index (χ3v) is 6.72. The molecule has 0 amide bonds. The molecule has 9 heteroatoms. The second-order valence-electron chi connectivity index (χ2n) is 9.44. The zero-order valence-electron chi connectivity index (χ0n) is 21.5. The first-order chi connectivity index (χ1) is 18.2. The molecule has 1 aliphatic heterocycles. The highest BCUT2D eigenvalue weighted by Crippen LogP contribution is 2.30. The third kappa shape index (κ3) is 8.08. The molecule has 2 N–H and O–H groups in total. The number of benzene rings is 2. The van der Waals surface area contributed by atoms with Crippen molar-refractivity contribution in [1.29, 1.82) is 0 Å². The Labute approximate surface area is 221 Å². The van der Waals surface area contributed by atoms with Gasteiger partial charge >= 0.3 is 11.9 Å². The maximum atomic E-state index is 13.5. The number of carboxylic acid groups (broad SMARTS) is 2. The number of anilines is 1. The number of rotatable bonds is 7. The number of halogens is 2. The van der Waals surface area contributed by atoms with Crippen LogP contribution in [-0.4, -0.2) is 63.8 Å². The molecule has 2 unspecified atom stereocenters. The first kappa shape index (κ1) is 28.7. The lowest BCUT2D eigenvalue weighted by atomic mass is 9.87. The van der Waals surface area contributed by atoms with E-state index in [1.54, 1.807) is 0 Å². The molecule has 2 atom stereocenters. The van der Waals surface area contributed by atoms with Gasteiger partial charge in [-0.2, -0.15) is 0 Å². The molecule has 7 nitrogen and oxygen atoms in total. The van der Waals surface area contributed by atoms with Crippen molar-refractivity contribution in [2.24, 2.45) is 0 Å². The van der Waals surface area contributed by atoms with E-state index in [0.717, 1.165) is 49.4 Å². The second-order valence-corrected chi connectivity index (χ2v) is 9.44. The number of hydrogen-bond donors (Lipinski definition) is 2. The van der Waals surface area contributed by atoms with Gasteiger partial charge in [0.15, 0.2) is 0 Å². The van der Waals surface area contributed by atoms with E-state index in [4.69, 9.17) is 19.8 Å². The molecule has 0 saturated carbocycles. The van der Waals surface area contributed by atoms with Gasteiger partial charge < -0.3 is 15.1 Å². The molecule has 202 valence electrons. The molecule has 2 heterocycles. The van der Waals surface area contributed by atoms with Gasteiger partial charge in [0.05, 0.1) is 0 Å². The Balaban J connectivity index is 0.000000599. The average Bonchev–Trinajstić information content (AvgIpc) is 2.90. The van der Waals surface area contributed by atoms with Crippen LogP contribution in [0.5, 0.6) is 0 Å². The van der Waals surface area contributed by atoms with Crippen LogP contribution in [0.3, 0.4) is 0 Å². The van der Waals surface area contributed by atoms with Gasteiger partial charge in [-0.25, -0.2) is 23.4 Å². The summed E-state index contributed by atoms with van der Waals surface area (Å²) in [6, 6.07) is 20.3. The summed E-state index contributed by atoms with van der Waals surface area (Å²) >= 11 is 0. The summed E-state index contributed by atoms with van der Waals surface area (Å²) in [7, 11) is 0. The molecular formula is C29H33F2N3O4. The Morgan fingerprint density at radius 2 is 1.42 bits per heavy atom. The van der Waals surface area contributed by atoms with Gasteiger partial charge in [0, 0.05) is 37.3 Å². The summed E-state index contributed by atoms with van der Waals surface area (Å²) in [6.07, 6.45) is 3.79. The van der Waals surface area contributed by atoms with Crippen LogP contribution in [0.2, 0.25) is 0 Å². The van der Waals surface area contributed by atoms with Crippen molar-refractivity contribution in [2.75, 3.05) is 24.5 Å². The monoisotopic (exact) mass is 525 g/mol. The van der Waals surface area contributed by atoms with E-state index in [9.17, 15) is 8.78 Å². The van der Waals surface area contributed by atoms with Gasteiger partial charge in [-0.3, -0.25) is 4.90 Å². The first-order valence-electron chi connectivity index (χ1n) is 12.5. The maximum Gasteiger partial charge on any atom is 0.414 e. The first-order valence-corrected chi connectivity index (χ1v) is 12.5. The smallest absolute Gasteiger partial charge is 0.414 e. The molecule has 0 bridgehead atoms. The van der Waals surface area contributed by atoms with Crippen LogP contribution in [-0.2, 0) is 9.59 Å². The highest BCUT2D eigenvalue weighted by Gasteiger charge is 2.29. The Bertz CT molecular complexity index is 1120. The topological polar surface area (TPSA) is 94.0 Å². The van der Waals surface area contributed by atoms with Gasteiger partial charge in [-0.05, 0) is 80.8 Å². The Kier molecular flexibility index (Phi) is 10.3. The van der Waals surface area contributed by atoms with Crippen LogP contribution >= 0.6 is 0 Å². The molecule has 0 radical (unpaired) electrons. The Hall–Kier alpha value is -3.85. The van der Waals surface area contributed by atoms with E-state index in [2.05, 4.69) is 34.7 Å². The molecule has 2 aromatic carbocycles. The normalized spacial score (nSPS) is 17.6. The van der Waals surface area contributed by atoms with Gasteiger partial charge in [0.2, 0.25) is 0 Å². The lowest BCUT2D eigenvalue weighted by Gasteiger charge is -2.45. The minimum absolute atomic E-state index is 0.124. The number of aromatic nitrogens is 1. The van der Waals surface area contributed by atoms with Crippen molar-refractivity contribution >= 4 is 17.8 Å². The number of carbonyl (C=O) groups is 2. The molecule has 3 aromatic rings. The number of piperazine rings is 1. The number of nitrogens with zero attached hydrogens (tertiary/aromatic N) is 3. The summed E-state index contributed by atoms with van der Waals surface area (Å²) in [5.41, 5.74) is 2.14. The molecule has 1 saturated heterocycles. The van der Waals surface area contributed by atoms with Crippen molar-refractivity contribution in [3.63, 3.8) is 0 Å². The Morgan fingerprint density at radius 1 is 0.868 bits per heavy atom. The fourth-order valence-corrected chi connectivity index (χ4v) is 4.77. The van der Waals surface area contributed by atoms with E-state index in [-0.39, 0.29) is 17.6 Å². The molecule has 1 fully saturated rings. The van der Waals surface area contributed by atoms with Gasteiger partial charge in [-0.1, -0.05) is 30.3 Å². The molecule has 1 aromatic heterocycles. The summed E-state index contributed by atoms with van der Waals surface area (Å²) < 4.78 is 26.9. The van der Waals surface area contributed by atoms with Gasteiger partial charge in [-0.15, -0.1) is 0 Å². The Morgan fingerprint density at radius 3 is 1.89 bits per heavy atom. The van der Waals surface area contributed by atoms with E-state index in [1.807, 2.05) is 42.6 Å². The zero-order chi connectivity index (χ0) is 27.7. The predicted octanol–water partition coefficient (Wildman–Crippen LogP) is 5.03. The molecule has 0 spiro atoms. The van der Waals surface area contributed by atoms with Crippen LogP contribution in [0.25, 0.3) is 0 Å². The number of pyridine rings is 1. The molecule has 1 aliphatic rings. The number of aliphatic carboxylic acids is 2. The second kappa shape index (κ2) is 13.6. The van der Waals surface area contributed by atoms with Crippen LogP contribution in [0.4, 0.5) is 14.6 Å². The lowest BCUT2D eigenvalue weighted by Crippen LogP contribution is -2.56. The summed E-state index contributed by atoms with van der Waals surface area (Å²) in [5, 5.41) is 14.8. The van der Waals surface area contributed by atoms with E-state index < -0.39 is 11.9 Å². The minimum atomic E-state index is -1.82. The van der Waals surface area contributed by atoms with Gasteiger partial charge in [0.25, 0.3) is 0 Å². The molecule has 38 heavy (non-hydrogen) atoms. The highest BCUT2D eigenvalue weighted by atomic mass is 19.1. The largest absolute Gasteiger partial charge is 0.473 e. The molecular weight excluding hydrogens is 492 g/mol. The van der Waals surface area contributed by atoms with Crippen LogP contribution in [0, 0.1) is 11.6 Å². The van der Waals surface area contributed by atoms with E-state index >= 15 is 0 Å². The van der Waals surface area contributed by atoms with Crippen LogP contribution in [0.1, 0.15) is 43.7 Å².